The summed E-state index contributed by atoms with van der Waals surface area (Å²) in [5.41, 5.74) is 2.14. The SMILES string of the molecule is CC(C)CS(=O)(=O)Nc1ccncc1-c1ccncc1. The molecule has 0 fully saturated rings. The molecule has 20 heavy (non-hydrogen) atoms. The van der Waals surface area contributed by atoms with Gasteiger partial charge in [0.2, 0.25) is 10.0 Å². The Bertz CT molecular complexity index is 670. The lowest BCUT2D eigenvalue weighted by molar-refractivity contribution is 0.587. The molecule has 2 aromatic rings. The van der Waals surface area contributed by atoms with E-state index in [1.807, 2.05) is 26.0 Å². The number of rotatable bonds is 5. The lowest BCUT2D eigenvalue weighted by atomic mass is 10.1. The van der Waals surface area contributed by atoms with Crippen LogP contribution in [0.5, 0.6) is 0 Å². The van der Waals surface area contributed by atoms with Gasteiger partial charge in [-0.05, 0) is 29.7 Å². The van der Waals surface area contributed by atoms with Crippen molar-refractivity contribution in [3.05, 3.63) is 43.0 Å². The molecule has 0 atom stereocenters. The first kappa shape index (κ1) is 14.5. The van der Waals surface area contributed by atoms with Crippen molar-refractivity contribution >= 4 is 15.7 Å². The van der Waals surface area contributed by atoms with Gasteiger partial charge in [0, 0.05) is 30.4 Å². The van der Waals surface area contributed by atoms with Gasteiger partial charge < -0.3 is 0 Å². The third-order valence-corrected chi connectivity index (χ3v) is 4.27. The number of pyridine rings is 2. The summed E-state index contributed by atoms with van der Waals surface area (Å²) in [5.74, 6) is 0.157. The van der Waals surface area contributed by atoms with Gasteiger partial charge in [0.05, 0.1) is 11.4 Å². The number of sulfonamides is 1. The Morgan fingerprint density at radius 1 is 1.10 bits per heavy atom. The first-order valence-electron chi connectivity index (χ1n) is 6.33. The van der Waals surface area contributed by atoms with Crippen LogP contribution in [0, 0.1) is 5.92 Å². The number of hydrogen-bond acceptors (Lipinski definition) is 4. The number of hydrogen-bond donors (Lipinski definition) is 1. The maximum absolute atomic E-state index is 12.1. The first-order chi connectivity index (χ1) is 9.48. The van der Waals surface area contributed by atoms with Gasteiger partial charge >= 0.3 is 0 Å². The monoisotopic (exact) mass is 291 g/mol. The van der Waals surface area contributed by atoms with Crippen LogP contribution in [0.15, 0.2) is 43.0 Å². The van der Waals surface area contributed by atoms with E-state index < -0.39 is 10.0 Å². The quantitative estimate of drug-likeness (QED) is 0.919. The van der Waals surface area contributed by atoms with E-state index in [4.69, 9.17) is 0 Å². The Balaban J connectivity index is 2.35. The topological polar surface area (TPSA) is 72.0 Å². The van der Waals surface area contributed by atoms with Crippen LogP contribution >= 0.6 is 0 Å². The van der Waals surface area contributed by atoms with E-state index in [1.54, 1.807) is 30.9 Å². The second-order valence-corrected chi connectivity index (χ2v) is 6.70. The summed E-state index contributed by atoms with van der Waals surface area (Å²) in [6.07, 6.45) is 6.53. The van der Waals surface area contributed by atoms with Gasteiger partial charge in [0.15, 0.2) is 0 Å². The summed E-state index contributed by atoms with van der Waals surface area (Å²) in [6, 6.07) is 5.29. The molecular weight excluding hydrogens is 274 g/mol. The van der Waals surface area contributed by atoms with E-state index in [2.05, 4.69) is 14.7 Å². The van der Waals surface area contributed by atoms with Gasteiger partial charge in [-0.3, -0.25) is 14.7 Å². The third-order valence-electron chi connectivity index (χ3n) is 2.63. The highest BCUT2D eigenvalue weighted by molar-refractivity contribution is 7.92. The predicted octanol–water partition coefficient (Wildman–Crippen LogP) is 2.54. The van der Waals surface area contributed by atoms with Crippen molar-refractivity contribution in [2.24, 2.45) is 5.92 Å². The van der Waals surface area contributed by atoms with E-state index in [9.17, 15) is 8.42 Å². The van der Waals surface area contributed by atoms with E-state index >= 15 is 0 Å². The van der Waals surface area contributed by atoms with Crippen LogP contribution in [-0.4, -0.2) is 24.1 Å². The summed E-state index contributed by atoms with van der Waals surface area (Å²) >= 11 is 0. The molecule has 0 saturated carbocycles. The number of aromatic nitrogens is 2. The molecule has 2 heterocycles. The molecule has 106 valence electrons. The number of anilines is 1. The zero-order valence-electron chi connectivity index (χ0n) is 11.4. The average Bonchev–Trinajstić information content (AvgIpc) is 2.38. The minimum Gasteiger partial charge on any atom is -0.283 e. The van der Waals surface area contributed by atoms with Crippen molar-refractivity contribution in [2.45, 2.75) is 13.8 Å². The largest absolute Gasteiger partial charge is 0.283 e. The van der Waals surface area contributed by atoms with Gasteiger partial charge in [0.25, 0.3) is 0 Å². The summed E-state index contributed by atoms with van der Waals surface area (Å²) < 4.78 is 26.7. The lowest BCUT2D eigenvalue weighted by Gasteiger charge is -2.13. The first-order valence-corrected chi connectivity index (χ1v) is 7.98. The van der Waals surface area contributed by atoms with Crippen LogP contribution in [0.25, 0.3) is 11.1 Å². The second-order valence-electron chi connectivity index (χ2n) is 4.93. The Kier molecular flexibility index (Phi) is 4.34. The van der Waals surface area contributed by atoms with Crippen LogP contribution in [0.1, 0.15) is 13.8 Å². The summed E-state index contributed by atoms with van der Waals surface area (Å²) in [7, 11) is -3.36. The van der Waals surface area contributed by atoms with Crippen LogP contribution in [-0.2, 0) is 10.0 Å². The van der Waals surface area contributed by atoms with E-state index in [0.29, 0.717) is 5.69 Å². The maximum atomic E-state index is 12.1. The Morgan fingerprint density at radius 2 is 1.75 bits per heavy atom. The summed E-state index contributed by atoms with van der Waals surface area (Å²) in [5, 5.41) is 0. The second kappa shape index (κ2) is 6.00. The fourth-order valence-electron chi connectivity index (χ4n) is 1.89. The molecule has 0 unspecified atom stereocenters. The molecule has 0 amide bonds. The molecule has 2 rings (SSSR count). The molecule has 0 spiro atoms. The zero-order valence-corrected chi connectivity index (χ0v) is 12.3. The van der Waals surface area contributed by atoms with Gasteiger partial charge in [0.1, 0.15) is 0 Å². The summed E-state index contributed by atoms with van der Waals surface area (Å²) in [6.45, 7) is 3.74. The molecular formula is C14H17N3O2S. The molecule has 0 bridgehead atoms. The number of nitrogens with zero attached hydrogens (tertiary/aromatic N) is 2. The van der Waals surface area contributed by atoms with Gasteiger partial charge in [-0.1, -0.05) is 13.8 Å². The molecule has 0 radical (unpaired) electrons. The van der Waals surface area contributed by atoms with Crippen LogP contribution in [0.2, 0.25) is 0 Å². The Hall–Kier alpha value is -1.95. The molecule has 0 aromatic carbocycles. The minimum atomic E-state index is -3.36. The van der Waals surface area contributed by atoms with Crippen molar-refractivity contribution in [2.75, 3.05) is 10.5 Å². The molecule has 0 aliphatic rings. The molecule has 5 nitrogen and oxygen atoms in total. The van der Waals surface area contributed by atoms with Crippen molar-refractivity contribution < 1.29 is 8.42 Å². The Morgan fingerprint density at radius 3 is 2.40 bits per heavy atom. The molecule has 6 heteroatoms. The zero-order chi connectivity index (χ0) is 14.6. The van der Waals surface area contributed by atoms with E-state index in [1.165, 1.54) is 0 Å². The van der Waals surface area contributed by atoms with E-state index in [-0.39, 0.29) is 11.7 Å². The molecule has 0 saturated heterocycles. The Labute approximate surface area is 119 Å². The molecule has 0 aliphatic heterocycles. The van der Waals surface area contributed by atoms with Crippen molar-refractivity contribution in [1.29, 1.82) is 0 Å². The third kappa shape index (κ3) is 3.77. The van der Waals surface area contributed by atoms with Crippen molar-refractivity contribution in [1.82, 2.24) is 9.97 Å². The highest BCUT2D eigenvalue weighted by atomic mass is 32.2. The van der Waals surface area contributed by atoms with Gasteiger partial charge in [-0.15, -0.1) is 0 Å². The van der Waals surface area contributed by atoms with E-state index in [0.717, 1.165) is 11.1 Å². The van der Waals surface area contributed by atoms with Gasteiger partial charge in [-0.2, -0.15) is 0 Å². The van der Waals surface area contributed by atoms with Gasteiger partial charge in [-0.25, -0.2) is 8.42 Å². The molecule has 1 N–H and O–H groups in total. The van der Waals surface area contributed by atoms with Crippen LogP contribution in [0.3, 0.4) is 0 Å². The van der Waals surface area contributed by atoms with Crippen molar-refractivity contribution in [3.63, 3.8) is 0 Å². The maximum Gasteiger partial charge on any atom is 0.232 e. The molecule has 0 aliphatic carbocycles. The normalized spacial score (nSPS) is 11.6. The van der Waals surface area contributed by atoms with Crippen LogP contribution < -0.4 is 4.72 Å². The van der Waals surface area contributed by atoms with Crippen molar-refractivity contribution in [3.8, 4) is 11.1 Å². The average molecular weight is 291 g/mol. The summed E-state index contributed by atoms with van der Waals surface area (Å²) in [4.78, 5) is 8.01. The minimum absolute atomic E-state index is 0.0683. The highest BCUT2D eigenvalue weighted by Crippen LogP contribution is 2.27. The fourth-order valence-corrected chi connectivity index (χ4v) is 3.37. The predicted molar refractivity (Wildman–Crippen MR) is 79.7 cm³/mol. The standard InChI is InChI=1S/C14H17N3O2S/c1-11(2)10-20(18,19)17-14-5-8-16-9-13(14)12-3-6-15-7-4-12/h3-9,11H,10H2,1-2H3,(H,16,17). The molecule has 2 aromatic heterocycles. The highest BCUT2D eigenvalue weighted by Gasteiger charge is 2.15. The van der Waals surface area contributed by atoms with Crippen LogP contribution in [0.4, 0.5) is 5.69 Å². The fraction of sp³-hybridized carbons (Fsp3) is 0.286. The smallest absolute Gasteiger partial charge is 0.232 e. The number of nitrogens with one attached hydrogen (secondary N) is 1. The lowest BCUT2D eigenvalue weighted by Crippen LogP contribution is -2.20.